The zero-order valence-electron chi connectivity index (χ0n) is 18.7. The number of carbonyl (C=O) groups is 1. The topological polar surface area (TPSA) is 78.3 Å². The van der Waals surface area contributed by atoms with E-state index in [2.05, 4.69) is 19.2 Å². The normalized spacial score (nSPS) is 19.1. The Balaban J connectivity index is 1.65. The molecular formula is C25H26N4O3. The monoisotopic (exact) mass is 430 g/mol. The molecule has 7 nitrogen and oxygen atoms in total. The quantitative estimate of drug-likeness (QED) is 0.651. The van der Waals surface area contributed by atoms with Gasteiger partial charge in [0.25, 0.3) is 0 Å². The third kappa shape index (κ3) is 3.43. The van der Waals surface area contributed by atoms with Gasteiger partial charge in [0.2, 0.25) is 5.95 Å². The van der Waals surface area contributed by atoms with Crippen molar-refractivity contribution < 1.29 is 14.3 Å². The first-order valence-corrected chi connectivity index (χ1v) is 10.7. The van der Waals surface area contributed by atoms with Crippen molar-refractivity contribution in [3.63, 3.8) is 0 Å². The van der Waals surface area contributed by atoms with Crippen LogP contribution in [0.3, 0.4) is 0 Å². The number of hydrogen-bond acceptors (Lipinski definition) is 6. The van der Waals surface area contributed by atoms with Crippen LogP contribution in [-0.4, -0.2) is 34.8 Å². The first kappa shape index (κ1) is 20.3. The number of benzene rings is 2. The molecule has 0 saturated heterocycles. The van der Waals surface area contributed by atoms with Gasteiger partial charge in [-0.2, -0.15) is 4.98 Å². The van der Waals surface area contributed by atoms with Gasteiger partial charge < -0.3 is 14.8 Å². The molecule has 0 bridgehead atoms. The van der Waals surface area contributed by atoms with Gasteiger partial charge in [-0.3, -0.25) is 4.79 Å². The van der Waals surface area contributed by atoms with Crippen molar-refractivity contribution in [2.75, 3.05) is 19.5 Å². The van der Waals surface area contributed by atoms with Crippen molar-refractivity contribution >= 4 is 11.7 Å². The van der Waals surface area contributed by atoms with Gasteiger partial charge in [-0.15, -0.1) is 5.10 Å². The van der Waals surface area contributed by atoms with Crippen LogP contribution >= 0.6 is 0 Å². The van der Waals surface area contributed by atoms with Crippen LogP contribution in [0, 0.1) is 5.41 Å². The number of allylic oxidation sites excluding steroid dienone is 2. The lowest BCUT2D eigenvalue weighted by molar-refractivity contribution is -0.118. The first-order valence-electron chi connectivity index (χ1n) is 10.7. The van der Waals surface area contributed by atoms with Gasteiger partial charge in [-0.05, 0) is 41.7 Å². The Kier molecular flexibility index (Phi) is 4.77. The molecule has 2 aromatic carbocycles. The molecular weight excluding hydrogens is 404 g/mol. The summed E-state index contributed by atoms with van der Waals surface area (Å²) in [4.78, 5) is 18.1. The van der Waals surface area contributed by atoms with Crippen LogP contribution in [0.25, 0.3) is 11.4 Å². The van der Waals surface area contributed by atoms with Gasteiger partial charge in [0, 0.05) is 23.3 Å². The van der Waals surface area contributed by atoms with Crippen LogP contribution < -0.4 is 14.8 Å². The fraction of sp³-hybridized carbons (Fsp3) is 0.320. The molecule has 0 saturated carbocycles. The van der Waals surface area contributed by atoms with Gasteiger partial charge in [-0.25, -0.2) is 4.68 Å². The molecule has 0 fully saturated rings. The average molecular weight is 431 g/mol. The Bertz CT molecular complexity index is 1220. The molecule has 1 N–H and O–H groups in total. The number of rotatable bonds is 4. The molecule has 0 spiro atoms. The Morgan fingerprint density at radius 1 is 1.03 bits per heavy atom. The van der Waals surface area contributed by atoms with Crippen LogP contribution in [0.5, 0.6) is 11.5 Å². The summed E-state index contributed by atoms with van der Waals surface area (Å²) in [7, 11) is 3.28. The fourth-order valence-corrected chi connectivity index (χ4v) is 4.59. The Labute approximate surface area is 187 Å². The second-order valence-electron chi connectivity index (χ2n) is 9.07. The van der Waals surface area contributed by atoms with Crippen LogP contribution in [0.1, 0.15) is 38.3 Å². The summed E-state index contributed by atoms with van der Waals surface area (Å²) in [5.74, 6) is 2.87. The Morgan fingerprint density at radius 2 is 1.78 bits per heavy atom. The molecule has 32 heavy (non-hydrogen) atoms. The summed E-state index contributed by atoms with van der Waals surface area (Å²) in [6, 6.07) is 15.1. The number of Topliss-reactive ketones (excluding diaryl/α,β-unsaturated/α-hetero) is 1. The number of nitrogens with one attached hydrogen (secondary N) is 1. The Hall–Kier alpha value is -3.61. The second-order valence-corrected chi connectivity index (χ2v) is 9.07. The third-order valence-corrected chi connectivity index (χ3v) is 6.09. The maximum absolute atomic E-state index is 13.3. The minimum atomic E-state index is -0.345. The molecule has 1 aromatic heterocycles. The van der Waals surface area contributed by atoms with Gasteiger partial charge in [-0.1, -0.05) is 38.1 Å². The number of ether oxygens (including phenoxy) is 2. The predicted octanol–water partition coefficient (Wildman–Crippen LogP) is 4.62. The molecule has 2 aliphatic rings. The SMILES string of the molecule is COc1ccc(C2C3=C(CC(C)(C)CC3=O)Nc3nc(-c4cccc(OC)c4)nn32)cc1. The van der Waals surface area contributed by atoms with E-state index in [1.807, 2.05) is 53.2 Å². The molecule has 1 atom stereocenters. The first-order chi connectivity index (χ1) is 15.4. The van der Waals surface area contributed by atoms with E-state index in [1.165, 1.54) is 0 Å². The van der Waals surface area contributed by atoms with Crippen LogP contribution in [0.4, 0.5) is 5.95 Å². The molecule has 0 radical (unpaired) electrons. The van der Waals surface area contributed by atoms with E-state index >= 15 is 0 Å². The maximum atomic E-state index is 13.3. The molecule has 2 heterocycles. The number of aromatic nitrogens is 3. The number of nitrogens with zero attached hydrogens (tertiary/aromatic N) is 3. The molecule has 164 valence electrons. The van der Waals surface area contributed by atoms with Crippen molar-refractivity contribution in [1.29, 1.82) is 0 Å². The predicted molar refractivity (Wildman–Crippen MR) is 122 cm³/mol. The van der Waals surface area contributed by atoms with Crippen LogP contribution in [-0.2, 0) is 4.79 Å². The Morgan fingerprint density at radius 3 is 2.50 bits per heavy atom. The van der Waals surface area contributed by atoms with Crippen molar-refractivity contribution in [2.45, 2.75) is 32.7 Å². The minimum Gasteiger partial charge on any atom is -0.497 e. The van der Waals surface area contributed by atoms with E-state index in [0.717, 1.165) is 40.3 Å². The van der Waals surface area contributed by atoms with E-state index < -0.39 is 0 Å². The summed E-state index contributed by atoms with van der Waals surface area (Å²) in [6.07, 6.45) is 1.29. The van der Waals surface area contributed by atoms with E-state index in [4.69, 9.17) is 19.6 Å². The molecule has 0 amide bonds. The van der Waals surface area contributed by atoms with E-state index in [0.29, 0.717) is 18.2 Å². The molecule has 3 aromatic rings. The lowest BCUT2D eigenvalue weighted by Crippen LogP contribution is -2.36. The highest BCUT2D eigenvalue weighted by Crippen LogP contribution is 2.45. The molecule has 1 aliphatic heterocycles. The third-order valence-electron chi connectivity index (χ3n) is 6.09. The number of hydrogen-bond donors (Lipinski definition) is 1. The van der Waals surface area contributed by atoms with E-state index in [-0.39, 0.29) is 17.2 Å². The lowest BCUT2D eigenvalue weighted by Gasteiger charge is -2.38. The summed E-state index contributed by atoms with van der Waals surface area (Å²) in [6.45, 7) is 4.25. The van der Waals surface area contributed by atoms with Crippen molar-refractivity contribution in [3.8, 4) is 22.9 Å². The van der Waals surface area contributed by atoms with Gasteiger partial charge in [0.15, 0.2) is 11.6 Å². The van der Waals surface area contributed by atoms with Crippen LogP contribution in [0.2, 0.25) is 0 Å². The van der Waals surface area contributed by atoms with Gasteiger partial charge in [0.1, 0.15) is 17.5 Å². The molecule has 1 aliphatic carbocycles. The van der Waals surface area contributed by atoms with Crippen LogP contribution in [0.15, 0.2) is 59.8 Å². The van der Waals surface area contributed by atoms with Crippen molar-refractivity contribution in [3.05, 3.63) is 65.4 Å². The zero-order valence-corrected chi connectivity index (χ0v) is 18.7. The highest BCUT2D eigenvalue weighted by atomic mass is 16.5. The minimum absolute atomic E-state index is 0.106. The summed E-state index contributed by atoms with van der Waals surface area (Å²) in [5.41, 5.74) is 3.42. The highest BCUT2D eigenvalue weighted by molar-refractivity contribution is 6.00. The number of fused-ring (bicyclic) bond motifs is 1. The number of carbonyl (C=O) groups excluding carboxylic acids is 1. The molecule has 5 rings (SSSR count). The van der Waals surface area contributed by atoms with E-state index in [1.54, 1.807) is 14.2 Å². The van der Waals surface area contributed by atoms with Gasteiger partial charge >= 0.3 is 0 Å². The molecule has 1 unspecified atom stereocenters. The number of anilines is 1. The highest BCUT2D eigenvalue weighted by Gasteiger charge is 2.41. The number of methoxy groups -OCH3 is 2. The zero-order chi connectivity index (χ0) is 22.5. The van der Waals surface area contributed by atoms with Crippen molar-refractivity contribution in [2.24, 2.45) is 5.41 Å². The van der Waals surface area contributed by atoms with Crippen molar-refractivity contribution in [1.82, 2.24) is 14.8 Å². The standard InChI is InChI=1S/C25H26N4O3/c1-25(2)13-19-21(20(30)14-25)22(15-8-10-17(31-3)11-9-15)29-24(26-19)27-23(28-29)16-6-5-7-18(12-16)32-4/h5-12,22H,13-14H2,1-4H3,(H,26,27,28). The average Bonchev–Trinajstić information content (AvgIpc) is 3.21. The maximum Gasteiger partial charge on any atom is 0.226 e. The second kappa shape index (κ2) is 7.51. The summed E-state index contributed by atoms with van der Waals surface area (Å²) in [5, 5.41) is 8.25. The lowest BCUT2D eigenvalue weighted by atomic mass is 9.73. The largest absolute Gasteiger partial charge is 0.497 e. The smallest absolute Gasteiger partial charge is 0.226 e. The van der Waals surface area contributed by atoms with E-state index in [9.17, 15) is 4.79 Å². The summed E-state index contributed by atoms with van der Waals surface area (Å²) >= 11 is 0. The van der Waals surface area contributed by atoms with Gasteiger partial charge in [0.05, 0.1) is 14.2 Å². The number of ketones is 1. The molecule has 7 heteroatoms. The fourth-order valence-electron chi connectivity index (χ4n) is 4.59. The summed E-state index contributed by atoms with van der Waals surface area (Å²) < 4.78 is 12.5.